The first-order valence-electron chi connectivity index (χ1n) is 12.4. The van der Waals surface area contributed by atoms with Crippen molar-refractivity contribution in [2.45, 2.75) is 50.0 Å². The van der Waals surface area contributed by atoms with E-state index in [1.165, 1.54) is 23.1 Å². The normalized spacial score (nSPS) is 15.8. The van der Waals surface area contributed by atoms with Crippen LogP contribution < -0.4 is 10.2 Å². The third kappa shape index (κ3) is 8.02. The second-order valence-corrected chi connectivity index (χ2v) is 11.0. The van der Waals surface area contributed by atoms with Gasteiger partial charge in [-0.25, -0.2) is 19.0 Å². The van der Waals surface area contributed by atoms with E-state index in [1.807, 2.05) is 0 Å². The number of thioether (sulfide) groups is 1. The largest absolute Gasteiger partial charge is 0.478 e. The van der Waals surface area contributed by atoms with Crippen molar-refractivity contribution in [2.24, 2.45) is 4.99 Å². The van der Waals surface area contributed by atoms with Gasteiger partial charge in [0.25, 0.3) is 11.8 Å². The molecule has 0 fully saturated rings. The van der Waals surface area contributed by atoms with Gasteiger partial charge in [0.1, 0.15) is 17.5 Å². The van der Waals surface area contributed by atoms with E-state index in [0.29, 0.717) is 10.5 Å². The van der Waals surface area contributed by atoms with Gasteiger partial charge in [-0.15, -0.1) is 11.8 Å². The minimum Gasteiger partial charge on any atom is -0.478 e. The number of anilines is 1. The molecule has 42 heavy (non-hydrogen) atoms. The van der Waals surface area contributed by atoms with Gasteiger partial charge in [0.15, 0.2) is 0 Å². The lowest BCUT2D eigenvalue weighted by atomic mass is 10.1. The number of methoxy groups -OCH3 is 2. The predicted molar refractivity (Wildman–Crippen MR) is 151 cm³/mol. The van der Waals surface area contributed by atoms with Gasteiger partial charge < -0.3 is 24.4 Å². The molecule has 0 aromatic heterocycles. The van der Waals surface area contributed by atoms with E-state index in [-0.39, 0.29) is 30.7 Å². The van der Waals surface area contributed by atoms with Gasteiger partial charge in [0.2, 0.25) is 0 Å². The summed E-state index contributed by atoms with van der Waals surface area (Å²) in [7, 11) is 1.94. The Bertz CT molecular complexity index is 1410. The van der Waals surface area contributed by atoms with E-state index in [2.05, 4.69) is 26.4 Å². The van der Waals surface area contributed by atoms with E-state index in [9.17, 15) is 31.9 Å². The van der Waals surface area contributed by atoms with Crippen molar-refractivity contribution < 1.29 is 47.6 Å². The molecule has 2 amide bonds. The highest BCUT2D eigenvalue weighted by molar-refractivity contribution is 7.99. The molecule has 14 heteroatoms. The molecule has 2 aromatic rings. The number of alkyl carbamates (subject to hydrolysis) is 1. The van der Waals surface area contributed by atoms with Crippen LogP contribution in [0.4, 0.5) is 28.0 Å². The van der Waals surface area contributed by atoms with Crippen molar-refractivity contribution in [3.05, 3.63) is 65.5 Å². The van der Waals surface area contributed by atoms with Crippen LogP contribution in [0.1, 0.15) is 43.7 Å². The van der Waals surface area contributed by atoms with Crippen molar-refractivity contribution >= 4 is 47.0 Å². The number of carbonyl (C=O) groups is 3. The number of hydrogen-bond acceptors (Lipinski definition) is 8. The molecule has 0 aliphatic carbocycles. The van der Waals surface area contributed by atoms with Gasteiger partial charge in [-0.1, -0.05) is 30.8 Å². The molecular formula is C28H31F4N3O6S. The van der Waals surface area contributed by atoms with Gasteiger partial charge in [0, 0.05) is 12.1 Å². The number of carbonyl (C=O) groups excluding carboxylic acids is 3. The van der Waals surface area contributed by atoms with Gasteiger partial charge >= 0.3 is 18.2 Å². The van der Waals surface area contributed by atoms with Crippen LogP contribution in [0.5, 0.6) is 0 Å². The molecule has 1 heterocycles. The van der Waals surface area contributed by atoms with Crippen LogP contribution in [0.25, 0.3) is 5.70 Å². The highest BCUT2D eigenvalue weighted by Crippen LogP contribution is 2.37. The lowest BCUT2D eigenvalue weighted by Crippen LogP contribution is -2.50. The molecule has 228 valence electrons. The molecule has 1 aliphatic heterocycles. The van der Waals surface area contributed by atoms with E-state index in [0.717, 1.165) is 32.0 Å². The van der Waals surface area contributed by atoms with Crippen LogP contribution in [0.2, 0.25) is 0 Å². The zero-order valence-corrected chi connectivity index (χ0v) is 24.2. The molecule has 1 N–H and O–H groups in total. The number of nitrogens with one attached hydrogen (secondary N) is 1. The maximum absolute atomic E-state index is 14.8. The molecule has 3 rings (SSSR count). The fourth-order valence-corrected chi connectivity index (χ4v) is 4.88. The SMILES string of the molecule is C=C(N=C(OC)C(F)(F)F)c1ccc(CN2C(=O)[C@@H](NC(=O)OC(C)(C)C)CSc3cc(F)c(C(=O)OC)cc32)cc1.[HH]. The summed E-state index contributed by atoms with van der Waals surface area (Å²) in [6.45, 7) is 8.46. The molecule has 0 spiro atoms. The zero-order chi connectivity index (χ0) is 31.4. The number of benzene rings is 2. The van der Waals surface area contributed by atoms with Crippen molar-refractivity contribution in [1.82, 2.24) is 5.32 Å². The zero-order valence-electron chi connectivity index (χ0n) is 23.4. The minimum atomic E-state index is -4.80. The van der Waals surface area contributed by atoms with Crippen molar-refractivity contribution in [3.8, 4) is 0 Å². The average molecular weight is 614 g/mol. The van der Waals surface area contributed by atoms with Crippen LogP contribution in [0.15, 0.2) is 52.9 Å². The maximum atomic E-state index is 14.8. The Morgan fingerprint density at radius 3 is 2.33 bits per heavy atom. The Kier molecular flexibility index (Phi) is 9.92. The topological polar surface area (TPSA) is 107 Å². The van der Waals surface area contributed by atoms with Crippen LogP contribution in [0, 0.1) is 5.82 Å². The van der Waals surface area contributed by atoms with Crippen molar-refractivity contribution in [2.75, 3.05) is 24.9 Å². The Morgan fingerprint density at radius 2 is 1.79 bits per heavy atom. The summed E-state index contributed by atoms with van der Waals surface area (Å²) >= 11 is 1.10. The first-order chi connectivity index (χ1) is 19.5. The highest BCUT2D eigenvalue weighted by atomic mass is 32.2. The Hall–Kier alpha value is -4.07. The third-order valence-corrected chi connectivity index (χ3v) is 6.84. The predicted octanol–water partition coefficient (Wildman–Crippen LogP) is 5.97. The van der Waals surface area contributed by atoms with E-state index in [1.54, 1.807) is 32.9 Å². The van der Waals surface area contributed by atoms with Crippen LogP contribution in [-0.2, 0) is 25.5 Å². The lowest BCUT2D eigenvalue weighted by Gasteiger charge is -2.27. The number of hydrogen-bond donors (Lipinski definition) is 1. The van der Waals surface area contributed by atoms with Gasteiger partial charge in [-0.3, -0.25) is 4.79 Å². The standard InChI is InChI=1S/C28H29F4N3O6S.H2/c1-15(33-25(40-6)28(30,31)32)17-9-7-16(8-10-17)13-35-21-11-18(24(37)39-5)19(29)12-22(21)42-14-20(23(35)36)34-26(38)41-27(2,3)4;/h7-12,20H,1,13-14H2,2-6H3,(H,34,38);1H/t20-;/m0./s1. The van der Waals surface area contributed by atoms with E-state index >= 15 is 0 Å². The maximum Gasteiger partial charge on any atom is 0.468 e. The number of rotatable bonds is 6. The molecule has 1 atom stereocenters. The smallest absolute Gasteiger partial charge is 0.468 e. The number of amides is 2. The summed E-state index contributed by atoms with van der Waals surface area (Å²) in [6, 6.07) is 7.25. The van der Waals surface area contributed by atoms with Gasteiger partial charge in [-0.2, -0.15) is 13.2 Å². The Labute approximate surface area is 245 Å². The molecule has 2 aromatic carbocycles. The van der Waals surface area contributed by atoms with Crippen LogP contribution in [-0.4, -0.2) is 61.7 Å². The van der Waals surface area contributed by atoms with Gasteiger partial charge in [0.05, 0.1) is 37.7 Å². The molecule has 0 saturated heterocycles. The summed E-state index contributed by atoms with van der Waals surface area (Å²) < 4.78 is 68.1. The first kappa shape index (κ1) is 32.4. The van der Waals surface area contributed by atoms with Crippen LogP contribution in [0.3, 0.4) is 0 Å². The van der Waals surface area contributed by atoms with Gasteiger partial charge in [-0.05, 0) is 44.0 Å². The molecule has 1 aliphatic rings. The summed E-state index contributed by atoms with van der Waals surface area (Å²) in [6.07, 6.45) is -5.63. The average Bonchev–Trinajstić information content (AvgIpc) is 3.01. The summed E-state index contributed by atoms with van der Waals surface area (Å²) in [5.74, 6) is -3.79. The molecule has 9 nitrogen and oxygen atoms in total. The Balaban J connectivity index is 0.00000645. The minimum absolute atomic E-state index is 0. The Morgan fingerprint density at radius 1 is 1.14 bits per heavy atom. The molecule has 0 unspecified atom stereocenters. The number of aliphatic imine (C=N–C) groups is 1. The summed E-state index contributed by atoms with van der Waals surface area (Å²) in [5.41, 5.74) is -0.445. The second kappa shape index (κ2) is 12.8. The number of nitrogens with zero attached hydrogens (tertiary/aromatic N) is 2. The molecule has 0 saturated carbocycles. The molecule has 0 radical (unpaired) electrons. The summed E-state index contributed by atoms with van der Waals surface area (Å²) in [5, 5.41) is 2.55. The number of ether oxygens (including phenoxy) is 3. The number of alkyl halides is 3. The van der Waals surface area contributed by atoms with E-state index in [4.69, 9.17) is 4.74 Å². The summed E-state index contributed by atoms with van der Waals surface area (Å²) in [4.78, 5) is 43.5. The third-order valence-electron chi connectivity index (χ3n) is 5.71. The fraction of sp³-hybridized carbons (Fsp3) is 0.357. The quantitative estimate of drug-likeness (QED) is 0.185. The molecule has 0 bridgehead atoms. The van der Waals surface area contributed by atoms with Crippen molar-refractivity contribution in [3.63, 3.8) is 0 Å². The van der Waals surface area contributed by atoms with E-state index < -0.39 is 53.1 Å². The highest BCUT2D eigenvalue weighted by Gasteiger charge is 2.38. The monoisotopic (exact) mass is 613 g/mol. The number of fused-ring (bicyclic) bond motifs is 1. The van der Waals surface area contributed by atoms with Crippen LogP contribution >= 0.6 is 11.8 Å². The number of esters is 1. The fourth-order valence-electron chi connectivity index (χ4n) is 3.80. The second-order valence-electron chi connectivity index (χ2n) is 9.99. The number of halogens is 4. The first-order valence-corrected chi connectivity index (χ1v) is 13.4. The molecular weight excluding hydrogens is 582 g/mol. The van der Waals surface area contributed by atoms with Crippen molar-refractivity contribution in [1.29, 1.82) is 0 Å². The lowest BCUT2D eigenvalue weighted by molar-refractivity contribution is -0.120.